The topological polar surface area (TPSA) is 67.2 Å². The number of hydrogen-bond donors (Lipinski definition) is 1. The van der Waals surface area contributed by atoms with E-state index >= 15 is 0 Å². The Balaban J connectivity index is 1.52. The number of aryl methyl sites for hydroxylation is 1. The third-order valence-corrected chi connectivity index (χ3v) is 8.35. The number of benzene rings is 2. The molecule has 1 aromatic heterocycles. The molecular weight excluding hydrogens is 563 g/mol. The van der Waals surface area contributed by atoms with Gasteiger partial charge >= 0.3 is 0 Å². The van der Waals surface area contributed by atoms with Gasteiger partial charge in [0.15, 0.2) is 11.5 Å². The summed E-state index contributed by atoms with van der Waals surface area (Å²) in [6.45, 7) is 3.70. The van der Waals surface area contributed by atoms with E-state index in [4.69, 9.17) is 39.8 Å². The van der Waals surface area contributed by atoms with Gasteiger partial charge in [0.25, 0.3) is 11.8 Å². The standard InChI is InChI=1S/C28H31Cl3N4O2S/c1-2-3-14-35(28(37)19-8-6-9-20(29)17-19)26-25(34-15-5-4-12-24(34)33-26)27(36)32-13-16-38-18-21-22(30)10-7-11-23(21)31/h6-11,17H,2-5,12-16,18H2,1H3,(H,32,36). The highest BCUT2D eigenvalue weighted by Crippen LogP contribution is 2.30. The average Bonchev–Trinajstić information content (AvgIpc) is 3.29. The molecule has 1 N–H and O–H groups in total. The zero-order chi connectivity index (χ0) is 27.1. The summed E-state index contributed by atoms with van der Waals surface area (Å²) in [5.41, 5.74) is 1.82. The van der Waals surface area contributed by atoms with E-state index in [1.54, 1.807) is 40.9 Å². The van der Waals surface area contributed by atoms with E-state index in [9.17, 15) is 9.59 Å². The molecule has 10 heteroatoms. The van der Waals surface area contributed by atoms with Gasteiger partial charge in [-0.05, 0) is 55.2 Å². The van der Waals surface area contributed by atoms with E-state index in [0.717, 1.165) is 43.5 Å². The van der Waals surface area contributed by atoms with Crippen LogP contribution in [0.4, 0.5) is 5.82 Å². The van der Waals surface area contributed by atoms with Crippen LogP contribution in [0.25, 0.3) is 0 Å². The number of amides is 2. The monoisotopic (exact) mass is 592 g/mol. The minimum Gasteiger partial charge on any atom is -0.350 e. The smallest absolute Gasteiger partial charge is 0.271 e. The number of nitrogens with zero attached hydrogens (tertiary/aromatic N) is 3. The Morgan fingerprint density at radius 3 is 2.61 bits per heavy atom. The molecule has 2 aromatic carbocycles. The lowest BCUT2D eigenvalue weighted by atomic mass is 10.1. The Hall–Kier alpha value is -2.19. The van der Waals surface area contributed by atoms with Crippen LogP contribution < -0.4 is 10.2 Å². The normalized spacial score (nSPS) is 12.7. The van der Waals surface area contributed by atoms with Crippen molar-refractivity contribution in [3.05, 3.63) is 80.2 Å². The molecule has 0 spiro atoms. The number of nitrogens with one attached hydrogen (secondary N) is 1. The Kier molecular flexibility index (Phi) is 10.4. The van der Waals surface area contributed by atoms with Gasteiger partial charge in [-0.3, -0.25) is 14.5 Å². The van der Waals surface area contributed by atoms with Crippen molar-refractivity contribution >= 4 is 64.2 Å². The number of carbonyl (C=O) groups is 2. The maximum atomic E-state index is 13.6. The molecule has 3 aromatic rings. The summed E-state index contributed by atoms with van der Waals surface area (Å²) >= 11 is 20.4. The number of anilines is 1. The summed E-state index contributed by atoms with van der Waals surface area (Å²) < 4.78 is 1.98. The largest absolute Gasteiger partial charge is 0.350 e. The molecule has 6 nitrogen and oxygen atoms in total. The molecule has 1 aliphatic rings. The lowest BCUT2D eigenvalue weighted by Crippen LogP contribution is -2.36. The van der Waals surface area contributed by atoms with Crippen LogP contribution >= 0.6 is 46.6 Å². The van der Waals surface area contributed by atoms with Crippen molar-refractivity contribution in [1.29, 1.82) is 0 Å². The summed E-state index contributed by atoms with van der Waals surface area (Å²) in [6.07, 6.45) is 4.45. The van der Waals surface area contributed by atoms with E-state index < -0.39 is 0 Å². The van der Waals surface area contributed by atoms with E-state index in [1.807, 2.05) is 22.8 Å². The molecule has 4 rings (SSSR count). The third kappa shape index (κ3) is 6.87. The molecule has 0 saturated heterocycles. The molecule has 1 aliphatic heterocycles. The van der Waals surface area contributed by atoms with Gasteiger partial charge in [-0.1, -0.05) is 60.3 Å². The molecule has 38 heavy (non-hydrogen) atoms. The number of carbonyl (C=O) groups excluding carboxylic acids is 2. The van der Waals surface area contributed by atoms with Crippen molar-refractivity contribution in [3.63, 3.8) is 0 Å². The SMILES string of the molecule is CCCCN(C(=O)c1cccc(Cl)c1)c1nc2n(c1C(=O)NCCSCc1c(Cl)cccc1Cl)CCCC2. The van der Waals surface area contributed by atoms with Crippen LogP contribution in [0.1, 0.15) is 64.8 Å². The number of aromatic nitrogens is 2. The van der Waals surface area contributed by atoms with Gasteiger partial charge in [0.1, 0.15) is 5.82 Å². The van der Waals surface area contributed by atoms with Crippen LogP contribution in [0.15, 0.2) is 42.5 Å². The Bertz CT molecular complexity index is 1280. The molecule has 0 aliphatic carbocycles. The van der Waals surface area contributed by atoms with Crippen LogP contribution in [-0.2, 0) is 18.7 Å². The van der Waals surface area contributed by atoms with Crippen molar-refractivity contribution in [2.45, 2.75) is 51.3 Å². The van der Waals surface area contributed by atoms with Crippen LogP contribution in [-0.4, -0.2) is 40.2 Å². The minimum atomic E-state index is -0.225. The summed E-state index contributed by atoms with van der Waals surface area (Å²) in [5, 5.41) is 4.81. The first-order valence-electron chi connectivity index (χ1n) is 12.9. The Morgan fingerprint density at radius 2 is 1.87 bits per heavy atom. The molecule has 0 saturated carbocycles. The fraction of sp³-hybridized carbons (Fsp3) is 0.393. The average molecular weight is 594 g/mol. The lowest BCUT2D eigenvalue weighted by Gasteiger charge is -2.22. The summed E-state index contributed by atoms with van der Waals surface area (Å²) in [6, 6.07) is 12.4. The first-order valence-corrected chi connectivity index (χ1v) is 15.1. The van der Waals surface area contributed by atoms with E-state index in [2.05, 4.69) is 12.2 Å². The lowest BCUT2D eigenvalue weighted by molar-refractivity contribution is 0.0946. The van der Waals surface area contributed by atoms with Crippen molar-refractivity contribution in [1.82, 2.24) is 14.9 Å². The second-order valence-corrected chi connectivity index (χ2v) is 11.5. The number of thioether (sulfide) groups is 1. The molecule has 0 fully saturated rings. The van der Waals surface area contributed by atoms with Gasteiger partial charge in [0.2, 0.25) is 0 Å². The van der Waals surface area contributed by atoms with Crippen molar-refractivity contribution < 1.29 is 9.59 Å². The van der Waals surface area contributed by atoms with Gasteiger partial charge in [0, 0.05) is 58.2 Å². The number of halogens is 3. The van der Waals surface area contributed by atoms with E-state index in [-0.39, 0.29) is 11.8 Å². The zero-order valence-corrected chi connectivity index (χ0v) is 24.4. The number of hydrogen-bond acceptors (Lipinski definition) is 4. The minimum absolute atomic E-state index is 0.211. The highest BCUT2D eigenvalue weighted by Gasteiger charge is 2.31. The van der Waals surface area contributed by atoms with Crippen molar-refractivity contribution in [3.8, 4) is 0 Å². The number of imidazole rings is 1. The van der Waals surface area contributed by atoms with E-state index in [1.165, 1.54) is 0 Å². The van der Waals surface area contributed by atoms with Crippen LogP contribution in [0, 0.1) is 0 Å². The summed E-state index contributed by atoms with van der Waals surface area (Å²) in [7, 11) is 0. The Labute approximate surface area is 243 Å². The molecule has 0 radical (unpaired) electrons. The maximum absolute atomic E-state index is 13.6. The summed E-state index contributed by atoms with van der Waals surface area (Å²) in [5.74, 6) is 2.17. The first kappa shape index (κ1) is 28.8. The van der Waals surface area contributed by atoms with E-state index in [0.29, 0.717) is 63.3 Å². The summed E-state index contributed by atoms with van der Waals surface area (Å²) in [4.78, 5) is 33.7. The van der Waals surface area contributed by atoms with Gasteiger partial charge < -0.3 is 9.88 Å². The molecule has 0 unspecified atom stereocenters. The van der Waals surface area contributed by atoms with Gasteiger partial charge in [-0.2, -0.15) is 11.8 Å². The highest BCUT2D eigenvalue weighted by molar-refractivity contribution is 7.98. The van der Waals surface area contributed by atoms with Crippen LogP contribution in [0.2, 0.25) is 15.1 Å². The van der Waals surface area contributed by atoms with Gasteiger partial charge in [0.05, 0.1) is 0 Å². The molecule has 0 atom stereocenters. The second-order valence-electron chi connectivity index (χ2n) is 9.14. The maximum Gasteiger partial charge on any atom is 0.271 e. The molecular formula is C28H31Cl3N4O2S. The number of unbranched alkanes of at least 4 members (excludes halogenated alkanes) is 1. The second kappa shape index (κ2) is 13.7. The Morgan fingerprint density at radius 1 is 1.11 bits per heavy atom. The quantitative estimate of drug-likeness (QED) is 0.237. The van der Waals surface area contributed by atoms with Crippen molar-refractivity contribution in [2.75, 3.05) is 23.7 Å². The number of rotatable bonds is 11. The zero-order valence-electron chi connectivity index (χ0n) is 21.3. The highest BCUT2D eigenvalue weighted by atomic mass is 35.5. The molecule has 2 heterocycles. The predicted octanol–water partition coefficient (Wildman–Crippen LogP) is 7.29. The molecule has 0 bridgehead atoms. The molecule has 202 valence electrons. The fourth-order valence-electron chi connectivity index (χ4n) is 4.44. The van der Waals surface area contributed by atoms with Gasteiger partial charge in [-0.15, -0.1) is 0 Å². The molecule has 2 amide bonds. The third-order valence-electron chi connectivity index (χ3n) is 6.42. The van der Waals surface area contributed by atoms with Crippen LogP contribution in [0.5, 0.6) is 0 Å². The van der Waals surface area contributed by atoms with Crippen molar-refractivity contribution in [2.24, 2.45) is 0 Å². The van der Waals surface area contributed by atoms with Crippen LogP contribution in [0.3, 0.4) is 0 Å². The van der Waals surface area contributed by atoms with Gasteiger partial charge in [-0.25, -0.2) is 4.98 Å². The number of fused-ring (bicyclic) bond motifs is 1. The predicted molar refractivity (Wildman–Crippen MR) is 158 cm³/mol. The fourth-order valence-corrected chi connectivity index (χ4v) is 6.23. The first-order chi connectivity index (χ1) is 18.4.